The summed E-state index contributed by atoms with van der Waals surface area (Å²) in [5.41, 5.74) is 6.59. The molecule has 0 bridgehead atoms. The highest BCUT2D eigenvalue weighted by Crippen LogP contribution is 2.35. The van der Waals surface area contributed by atoms with Crippen molar-refractivity contribution in [1.82, 2.24) is 19.7 Å². The summed E-state index contributed by atoms with van der Waals surface area (Å²) in [4.78, 5) is 21.6. The zero-order valence-electron chi connectivity index (χ0n) is 16.7. The van der Waals surface area contributed by atoms with Crippen LogP contribution in [0.4, 0.5) is 15.9 Å². The summed E-state index contributed by atoms with van der Waals surface area (Å²) in [6.45, 7) is 4.53. The van der Waals surface area contributed by atoms with E-state index in [0.717, 1.165) is 34.5 Å². The van der Waals surface area contributed by atoms with Crippen LogP contribution < -0.4 is 10.6 Å². The number of halogens is 1. The van der Waals surface area contributed by atoms with Gasteiger partial charge in [0.2, 0.25) is 0 Å². The van der Waals surface area contributed by atoms with Gasteiger partial charge >= 0.3 is 0 Å². The van der Waals surface area contributed by atoms with Crippen LogP contribution in [0, 0.1) is 12.7 Å². The summed E-state index contributed by atoms with van der Waals surface area (Å²) in [6, 6.07) is 10.6. The smallest absolute Gasteiger partial charge is 0.254 e. The van der Waals surface area contributed by atoms with Gasteiger partial charge in [-0.05, 0) is 42.7 Å². The Labute approximate surface area is 172 Å². The van der Waals surface area contributed by atoms with Crippen molar-refractivity contribution >= 4 is 23.1 Å². The lowest BCUT2D eigenvalue weighted by molar-refractivity contribution is 0.0966. The number of nitrogens with zero attached hydrogens (tertiary/aromatic N) is 3. The first-order valence-electron chi connectivity index (χ1n) is 9.85. The number of pyridine rings is 2. The number of carbonyl (C=O) groups excluding carboxylic acids is 1. The maximum atomic E-state index is 13.5. The average molecular weight is 401 g/mol. The molecule has 0 saturated heterocycles. The monoisotopic (exact) mass is 401 g/mol. The first-order valence-corrected chi connectivity index (χ1v) is 9.85. The summed E-state index contributed by atoms with van der Waals surface area (Å²) in [7, 11) is 0. The molecular formula is C23H20FN5O. The average Bonchev–Trinajstić information content (AvgIpc) is 3.33. The standard InChI is InChI=1S/C23H20FN5O/c1-3-17-13(2)4-7-20(27-17)28-18-6-5-15(16-11-26-23(30)22(16)18)19-12-25-21-10-14(24)8-9-29(19)21/h4-10,12H,3,11H2,1-2H3,(H,26,30)(H,27,28). The third-order valence-electron chi connectivity index (χ3n) is 5.52. The summed E-state index contributed by atoms with van der Waals surface area (Å²) in [5.74, 6) is 0.243. The van der Waals surface area contributed by atoms with E-state index in [1.807, 2.05) is 35.6 Å². The number of benzene rings is 1. The molecular weight excluding hydrogens is 381 g/mol. The van der Waals surface area contributed by atoms with Crippen LogP contribution in [0.5, 0.6) is 0 Å². The summed E-state index contributed by atoms with van der Waals surface area (Å²) >= 11 is 0. The van der Waals surface area contributed by atoms with Gasteiger partial charge in [-0.25, -0.2) is 14.4 Å². The van der Waals surface area contributed by atoms with E-state index in [0.29, 0.717) is 29.3 Å². The minimum Gasteiger partial charge on any atom is -0.348 e. The molecule has 0 saturated carbocycles. The van der Waals surface area contributed by atoms with Crippen molar-refractivity contribution in [3.63, 3.8) is 0 Å². The SMILES string of the molecule is CCc1nc(Nc2ccc(-c3cnc4cc(F)ccn34)c3c2C(=O)NC3)ccc1C. The molecule has 0 radical (unpaired) electrons. The van der Waals surface area contributed by atoms with Crippen LogP contribution >= 0.6 is 0 Å². The molecule has 4 heterocycles. The molecule has 0 spiro atoms. The van der Waals surface area contributed by atoms with Gasteiger partial charge in [0.15, 0.2) is 0 Å². The van der Waals surface area contributed by atoms with Gasteiger partial charge in [0, 0.05) is 30.1 Å². The van der Waals surface area contributed by atoms with Gasteiger partial charge in [-0.15, -0.1) is 0 Å². The zero-order valence-corrected chi connectivity index (χ0v) is 16.7. The fraction of sp³-hybridized carbons (Fsp3) is 0.174. The number of aromatic nitrogens is 3. The highest BCUT2D eigenvalue weighted by atomic mass is 19.1. The number of fused-ring (bicyclic) bond motifs is 2. The largest absolute Gasteiger partial charge is 0.348 e. The lowest BCUT2D eigenvalue weighted by Crippen LogP contribution is -2.13. The van der Waals surface area contributed by atoms with E-state index in [2.05, 4.69) is 27.5 Å². The molecule has 2 N–H and O–H groups in total. The third kappa shape index (κ3) is 2.90. The van der Waals surface area contributed by atoms with Crippen molar-refractivity contribution in [2.75, 3.05) is 5.32 Å². The van der Waals surface area contributed by atoms with E-state index in [1.54, 1.807) is 12.4 Å². The first kappa shape index (κ1) is 18.3. The number of imidazole rings is 1. The van der Waals surface area contributed by atoms with Crippen molar-refractivity contribution in [2.45, 2.75) is 26.8 Å². The number of hydrogen-bond donors (Lipinski definition) is 2. The molecule has 6 nitrogen and oxygen atoms in total. The first-order chi connectivity index (χ1) is 14.5. The van der Waals surface area contributed by atoms with Crippen LogP contribution in [-0.2, 0) is 13.0 Å². The van der Waals surface area contributed by atoms with Crippen LogP contribution in [0.2, 0.25) is 0 Å². The molecule has 150 valence electrons. The minimum atomic E-state index is -0.335. The van der Waals surface area contributed by atoms with E-state index in [4.69, 9.17) is 0 Å². The predicted octanol–water partition coefficient (Wildman–Crippen LogP) is 4.39. The second-order valence-electron chi connectivity index (χ2n) is 7.35. The Kier molecular flexibility index (Phi) is 4.24. The maximum absolute atomic E-state index is 13.5. The van der Waals surface area contributed by atoms with Gasteiger partial charge < -0.3 is 10.6 Å². The summed E-state index contributed by atoms with van der Waals surface area (Å²) in [6.07, 6.45) is 4.20. The highest BCUT2D eigenvalue weighted by Gasteiger charge is 2.27. The molecule has 7 heteroatoms. The highest BCUT2D eigenvalue weighted by molar-refractivity contribution is 6.06. The Morgan fingerprint density at radius 3 is 2.93 bits per heavy atom. The van der Waals surface area contributed by atoms with Crippen LogP contribution in [0.15, 0.2) is 48.8 Å². The molecule has 1 aliphatic rings. The number of aryl methyl sites for hydroxylation is 2. The van der Waals surface area contributed by atoms with Crippen molar-refractivity contribution in [3.05, 3.63) is 77.0 Å². The van der Waals surface area contributed by atoms with Crippen molar-refractivity contribution in [3.8, 4) is 11.3 Å². The topological polar surface area (TPSA) is 71.3 Å². The van der Waals surface area contributed by atoms with Crippen LogP contribution in [-0.4, -0.2) is 20.3 Å². The van der Waals surface area contributed by atoms with Crippen molar-refractivity contribution in [2.24, 2.45) is 0 Å². The van der Waals surface area contributed by atoms with Crippen LogP contribution in [0.25, 0.3) is 16.9 Å². The molecule has 0 unspecified atom stereocenters. The number of nitrogens with one attached hydrogen (secondary N) is 2. The van der Waals surface area contributed by atoms with E-state index in [1.165, 1.54) is 12.1 Å². The van der Waals surface area contributed by atoms with Gasteiger partial charge in [-0.3, -0.25) is 9.20 Å². The number of anilines is 2. The Morgan fingerprint density at radius 2 is 2.10 bits per heavy atom. The van der Waals surface area contributed by atoms with Crippen LogP contribution in [0.3, 0.4) is 0 Å². The molecule has 0 fully saturated rings. The van der Waals surface area contributed by atoms with Crippen molar-refractivity contribution < 1.29 is 9.18 Å². The van der Waals surface area contributed by atoms with Crippen molar-refractivity contribution in [1.29, 1.82) is 0 Å². The minimum absolute atomic E-state index is 0.128. The van der Waals surface area contributed by atoms with Gasteiger partial charge in [0.25, 0.3) is 5.91 Å². The van der Waals surface area contributed by atoms with Gasteiger partial charge in [-0.2, -0.15) is 0 Å². The van der Waals surface area contributed by atoms with Crippen LogP contribution in [0.1, 0.15) is 34.1 Å². The Morgan fingerprint density at radius 1 is 1.23 bits per heavy atom. The third-order valence-corrected chi connectivity index (χ3v) is 5.52. The lowest BCUT2D eigenvalue weighted by Gasteiger charge is -2.14. The fourth-order valence-corrected chi connectivity index (χ4v) is 3.98. The zero-order chi connectivity index (χ0) is 20.8. The number of hydrogen-bond acceptors (Lipinski definition) is 4. The molecule has 1 aliphatic heterocycles. The number of amides is 1. The molecule has 0 atom stereocenters. The van der Waals surface area contributed by atoms with E-state index >= 15 is 0 Å². The van der Waals surface area contributed by atoms with Gasteiger partial charge in [-0.1, -0.05) is 19.1 Å². The van der Waals surface area contributed by atoms with Gasteiger partial charge in [0.1, 0.15) is 17.3 Å². The fourth-order valence-electron chi connectivity index (χ4n) is 3.98. The van der Waals surface area contributed by atoms with E-state index in [-0.39, 0.29) is 11.7 Å². The second kappa shape index (κ2) is 6.95. The Bertz CT molecular complexity index is 1310. The predicted molar refractivity (Wildman–Crippen MR) is 113 cm³/mol. The Hall–Kier alpha value is -3.74. The molecule has 4 aromatic rings. The Balaban J connectivity index is 1.61. The van der Waals surface area contributed by atoms with E-state index in [9.17, 15) is 9.18 Å². The molecule has 1 amide bonds. The van der Waals surface area contributed by atoms with E-state index < -0.39 is 0 Å². The summed E-state index contributed by atoms with van der Waals surface area (Å²) in [5, 5.41) is 6.22. The van der Waals surface area contributed by atoms with Gasteiger partial charge in [0.05, 0.1) is 23.1 Å². The molecule has 3 aromatic heterocycles. The normalized spacial score (nSPS) is 12.8. The molecule has 1 aromatic carbocycles. The second-order valence-corrected chi connectivity index (χ2v) is 7.35. The maximum Gasteiger partial charge on any atom is 0.254 e. The summed E-state index contributed by atoms with van der Waals surface area (Å²) < 4.78 is 15.4. The quantitative estimate of drug-likeness (QED) is 0.532. The molecule has 5 rings (SSSR count). The molecule has 0 aliphatic carbocycles. The molecule has 30 heavy (non-hydrogen) atoms. The lowest BCUT2D eigenvalue weighted by atomic mass is 9.99. The number of carbonyl (C=O) groups is 1. The number of rotatable bonds is 4.